The highest BCUT2D eigenvalue weighted by atomic mass is 32.1. The first kappa shape index (κ1) is 20.4. The number of thiocarbonyl (C=S) groups is 1. The van der Waals surface area contributed by atoms with E-state index in [-0.39, 0.29) is 12.8 Å². The number of aryl methyl sites for hydroxylation is 2. The number of hydrazone groups is 1. The number of carboxylic acids is 1. The summed E-state index contributed by atoms with van der Waals surface area (Å²) in [4.78, 5) is 10.6. The molecule has 0 fully saturated rings. The second kappa shape index (κ2) is 9.72. The number of carbonyl (C=O) groups excluding carboxylic acids is 1. The van der Waals surface area contributed by atoms with Crippen LogP contribution in [0.1, 0.15) is 37.4 Å². The lowest BCUT2D eigenvalue weighted by Crippen LogP contribution is -2.25. The molecule has 0 spiro atoms. The maximum atomic E-state index is 10.6. The van der Waals surface area contributed by atoms with E-state index in [9.17, 15) is 9.90 Å². The SMILES string of the molecule is CCOc1ccc(NC(=S)N/N=C(/C)c2cc(CCC(=O)[O-])oc2C)cc1. The predicted octanol–water partition coefficient (Wildman–Crippen LogP) is 2.38. The standard InChI is InChI=1S/C19H23N3O4S/c1-4-25-15-7-5-14(6-8-15)20-19(27)22-21-12(2)17-11-16(26-13(17)3)9-10-18(23)24/h5-8,11H,4,9-10H2,1-3H3,(H,23,24)(H2,20,22,27)/p-1/b21-12-. The number of rotatable bonds is 8. The van der Waals surface area contributed by atoms with Crippen LogP contribution >= 0.6 is 12.2 Å². The van der Waals surface area contributed by atoms with Gasteiger partial charge in [0.1, 0.15) is 17.3 Å². The van der Waals surface area contributed by atoms with Crippen molar-refractivity contribution in [1.82, 2.24) is 5.43 Å². The third kappa shape index (κ3) is 6.41. The highest BCUT2D eigenvalue weighted by molar-refractivity contribution is 7.80. The molecule has 1 aromatic heterocycles. The first-order valence-electron chi connectivity index (χ1n) is 8.52. The summed E-state index contributed by atoms with van der Waals surface area (Å²) in [6.07, 6.45) is 0.193. The van der Waals surface area contributed by atoms with Crippen LogP contribution in [-0.2, 0) is 11.2 Å². The van der Waals surface area contributed by atoms with E-state index in [2.05, 4.69) is 15.8 Å². The van der Waals surface area contributed by atoms with Gasteiger partial charge in [0.15, 0.2) is 5.11 Å². The number of furan rings is 1. The van der Waals surface area contributed by atoms with Crippen LogP contribution in [0.5, 0.6) is 5.75 Å². The van der Waals surface area contributed by atoms with Gasteiger partial charge in [0.25, 0.3) is 0 Å². The fourth-order valence-electron chi connectivity index (χ4n) is 2.41. The largest absolute Gasteiger partial charge is 0.550 e. The van der Waals surface area contributed by atoms with Crippen LogP contribution in [0.3, 0.4) is 0 Å². The topological polar surface area (TPSA) is 98.9 Å². The van der Waals surface area contributed by atoms with Gasteiger partial charge >= 0.3 is 0 Å². The molecule has 1 aromatic carbocycles. The van der Waals surface area contributed by atoms with Crippen LogP contribution < -0.4 is 20.6 Å². The quantitative estimate of drug-likeness (QED) is 0.407. The van der Waals surface area contributed by atoms with E-state index < -0.39 is 5.97 Å². The molecule has 27 heavy (non-hydrogen) atoms. The van der Waals surface area contributed by atoms with Gasteiger partial charge in [0.2, 0.25) is 0 Å². The van der Waals surface area contributed by atoms with Crippen molar-refractivity contribution in [3.05, 3.63) is 47.4 Å². The Kier molecular flexibility index (Phi) is 7.36. The normalized spacial score (nSPS) is 11.1. The van der Waals surface area contributed by atoms with E-state index in [1.807, 2.05) is 38.1 Å². The van der Waals surface area contributed by atoms with Crippen LogP contribution in [0.25, 0.3) is 0 Å². The number of nitrogens with zero attached hydrogens (tertiary/aromatic N) is 1. The van der Waals surface area contributed by atoms with Crippen molar-refractivity contribution in [1.29, 1.82) is 0 Å². The van der Waals surface area contributed by atoms with Crippen LogP contribution in [-0.4, -0.2) is 23.4 Å². The van der Waals surface area contributed by atoms with E-state index >= 15 is 0 Å². The Labute approximate surface area is 163 Å². The maximum absolute atomic E-state index is 10.6. The number of nitrogens with one attached hydrogen (secondary N) is 2. The molecule has 0 radical (unpaired) electrons. The Hall–Kier alpha value is -2.87. The van der Waals surface area contributed by atoms with Crippen molar-refractivity contribution in [3.63, 3.8) is 0 Å². The Morgan fingerprint density at radius 3 is 2.67 bits per heavy atom. The third-order valence-electron chi connectivity index (χ3n) is 3.68. The second-order valence-corrected chi connectivity index (χ2v) is 6.18. The average Bonchev–Trinajstić information content (AvgIpc) is 3.01. The molecular formula is C19H22N3O4S-. The molecule has 8 heteroatoms. The first-order valence-corrected chi connectivity index (χ1v) is 8.93. The summed E-state index contributed by atoms with van der Waals surface area (Å²) in [5.41, 5.74) is 5.06. The van der Waals surface area contributed by atoms with Gasteiger partial charge in [0, 0.05) is 23.6 Å². The molecule has 2 aromatic rings. The zero-order chi connectivity index (χ0) is 19.8. The predicted molar refractivity (Wildman–Crippen MR) is 106 cm³/mol. The molecule has 0 saturated carbocycles. The van der Waals surface area contributed by atoms with Crippen molar-refractivity contribution in [2.75, 3.05) is 11.9 Å². The summed E-state index contributed by atoms with van der Waals surface area (Å²) in [6, 6.07) is 9.21. The van der Waals surface area contributed by atoms with Gasteiger partial charge in [-0.25, -0.2) is 0 Å². The number of ether oxygens (including phenoxy) is 1. The Bertz CT molecular complexity index is 828. The number of carboxylic acid groups (broad SMARTS) is 1. The minimum Gasteiger partial charge on any atom is -0.550 e. The van der Waals surface area contributed by atoms with Crippen LogP contribution in [0.4, 0.5) is 5.69 Å². The fraction of sp³-hybridized carbons (Fsp3) is 0.316. The molecule has 0 aliphatic rings. The van der Waals surface area contributed by atoms with E-state index in [0.717, 1.165) is 17.0 Å². The van der Waals surface area contributed by atoms with Crippen molar-refractivity contribution < 1.29 is 19.1 Å². The van der Waals surface area contributed by atoms with E-state index in [1.54, 1.807) is 13.0 Å². The summed E-state index contributed by atoms with van der Waals surface area (Å²) in [6.45, 7) is 6.16. The number of hydrogen-bond donors (Lipinski definition) is 2. The lowest BCUT2D eigenvalue weighted by atomic mass is 10.1. The molecule has 0 saturated heterocycles. The minimum absolute atomic E-state index is 0.0864. The molecule has 0 amide bonds. The van der Waals surface area contributed by atoms with Crippen molar-refractivity contribution in [3.8, 4) is 5.75 Å². The first-order chi connectivity index (χ1) is 12.9. The van der Waals surface area contributed by atoms with Crippen molar-refractivity contribution in [2.45, 2.75) is 33.6 Å². The number of carbonyl (C=O) groups is 1. The molecule has 7 nitrogen and oxygen atoms in total. The minimum atomic E-state index is -1.11. The van der Waals surface area contributed by atoms with E-state index in [4.69, 9.17) is 21.4 Å². The van der Waals surface area contributed by atoms with Gasteiger partial charge in [-0.05, 0) is 69.7 Å². The summed E-state index contributed by atoms with van der Waals surface area (Å²) in [5.74, 6) is 0.928. The van der Waals surface area contributed by atoms with E-state index in [1.165, 1.54) is 0 Å². The fourth-order valence-corrected chi connectivity index (χ4v) is 2.57. The highest BCUT2D eigenvalue weighted by Crippen LogP contribution is 2.17. The summed E-state index contributed by atoms with van der Waals surface area (Å²) >= 11 is 5.24. The van der Waals surface area contributed by atoms with Crippen LogP contribution in [0.15, 0.2) is 39.9 Å². The zero-order valence-electron chi connectivity index (χ0n) is 15.5. The third-order valence-corrected chi connectivity index (χ3v) is 3.88. The number of anilines is 1. The van der Waals surface area contributed by atoms with Crippen molar-refractivity contribution in [2.24, 2.45) is 5.10 Å². The van der Waals surface area contributed by atoms with Crippen molar-refractivity contribution >= 4 is 34.7 Å². The molecule has 1 heterocycles. The number of hydrogen-bond acceptors (Lipinski definition) is 6. The van der Waals surface area contributed by atoms with E-state index in [0.29, 0.717) is 29.0 Å². The van der Waals surface area contributed by atoms with Gasteiger partial charge in [0.05, 0.1) is 12.3 Å². The molecule has 0 bridgehead atoms. The zero-order valence-corrected chi connectivity index (χ0v) is 16.3. The summed E-state index contributed by atoms with van der Waals surface area (Å²) in [7, 11) is 0. The molecular weight excluding hydrogens is 366 g/mol. The monoisotopic (exact) mass is 388 g/mol. The molecule has 0 aliphatic carbocycles. The molecule has 0 aliphatic heterocycles. The molecule has 0 unspecified atom stereocenters. The van der Waals surface area contributed by atoms with Gasteiger partial charge in [-0.3, -0.25) is 5.43 Å². The lowest BCUT2D eigenvalue weighted by Gasteiger charge is -2.09. The smallest absolute Gasteiger partial charge is 0.191 e. The Morgan fingerprint density at radius 1 is 1.33 bits per heavy atom. The molecule has 2 rings (SSSR count). The molecule has 0 atom stereocenters. The number of benzene rings is 1. The Morgan fingerprint density at radius 2 is 2.04 bits per heavy atom. The van der Waals surface area contributed by atoms with Gasteiger partial charge in [-0.15, -0.1) is 0 Å². The second-order valence-electron chi connectivity index (χ2n) is 5.78. The highest BCUT2D eigenvalue weighted by Gasteiger charge is 2.10. The maximum Gasteiger partial charge on any atom is 0.191 e. The summed E-state index contributed by atoms with van der Waals surface area (Å²) < 4.78 is 11.0. The Balaban J connectivity index is 1.94. The lowest BCUT2D eigenvalue weighted by molar-refractivity contribution is -0.305. The van der Waals surface area contributed by atoms with Gasteiger partial charge in [-0.2, -0.15) is 5.10 Å². The van der Waals surface area contributed by atoms with Gasteiger partial charge in [-0.1, -0.05) is 0 Å². The summed E-state index contributed by atoms with van der Waals surface area (Å²) in [5, 5.41) is 18.2. The number of aliphatic carboxylic acids is 1. The molecule has 144 valence electrons. The molecule has 2 N–H and O–H groups in total. The van der Waals surface area contributed by atoms with Gasteiger partial charge < -0.3 is 24.4 Å². The average molecular weight is 388 g/mol. The van der Waals surface area contributed by atoms with Crippen LogP contribution in [0, 0.1) is 6.92 Å². The van der Waals surface area contributed by atoms with Crippen LogP contribution in [0.2, 0.25) is 0 Å².